The summed E-state index contributed by atoms with van der Waals surface area (Å²) in [4.78, 5) is 26.2. The standard InChI is InChI=1S/C28H31N3O2/c1-21(32)29-18-22-8-14-25(15-9-22)28(33)30-19-26-6-2-3-7-27(26)24-12-10-23(11-13-24)20-31-16-4-5-17-31/h2-3,6-15H,4-5,16-20H2,1H3,(H,29,32)(H,30,33). The van der Waals surface area contributed by atoms with Gasteiger partial charge in [-0.05, 0) is 65.9 Å². The van der Waals surface area contributed by atoms with Crippen LogP contribution >= 0.6 is 0 Å². The fraction of sp³-hybridized carbons (Fsp3) is 0.286. The zero-order valence-corrected chi connectivity index (χ0v) is 19.1. The first-order valence-corrected chi connectivity index (χ1v) is 11.6. The van der Waals surface area contributed by atoms with Crippen LogP contribution in [-0.4, -0.2) is 29.8 Å². The van der Waals surface area contributed by atoms with Crippen molar-refractivity contribution in [3.8, 4) is 11.1 Å². The molecule has 1 saturated heterocycles. The van der Waals surface area contributed by atoms with Gasteiger partial charge in [-0.25, -0.2) is 0 Å². The summed E-state index contributed by atoms with van der Waals surface area (Å²) in [5, 5.41) is 5.80. The van der Waals surface area contributed by atoms with Crippen LogP contribution in [0.1, 0.15) is 46.8 Å². The SMILES string of the molecule is CC(=O)NCc1ccc(C(=O)NCc2ccccc2-c2ccc(CN3CCCC3)cc2)cc1. The molecule has 0 spiro atoms. The van der Waals surface area contributed by atoms with Gasteiger partial charge in [0, 0.05) is 32.1 Å². The van der Waals surface area contributed by atoms with Gasteiger partial charge in [-0.1, -0.05) is 60.7 Å². The number of hydrogen-bond acceptors (Lipinski definition) is 3. The first kappa shape index (κ1) is 22.7. The van der Waals surface area contributed by atoms with E-state index in [4.69, 9.17) is 0 Å². The van der Waals surface area contributed by atoms with E-state index in [1.807, 2.05) is 24.3 Å². The molecule has 5 heteroatoms. The number of likely N-dealkylation sites (tertiary alicyclic amines) is 1. The lowest BCUT2D eigenvalue weighted by atomic mass is 9.98. The third kappa shape index (κ3) is 6.30. The zero-order valence-electron chi connectivity index (χ0n) is 19.1. The molecule has 0 saturated carbocycles. The van der Waals surface area contributed by atoms with Crippen molar-refractivity contribution in [2.24, 2.45) is 0 Å². The summed E-state index contributed by atoms with van der Waals surface area (Å²) < 4.78 is 0. The summed E-state index contributed by atoms with van der Waals surface area (Å²) in [7, 11) is 0. The Morgan fingerprint density at radius 3 is 2.15 bits per heavy atom. The minimum absolute atomic E-state index is 0.0725. The quantitative estimate of drug-likeness (QED) is 0.541. The van der Waals surface area contributed by atoms with Crippen molar-refractivity contribution in [3.05, 3.63) is 95.1 Å². The molecule has 3 aromatic carbocycles. The Hall–Kier alpha value is -3.44. The smallest absolute Gasteiger partial charge is 0.251 e. The van der Waals surface area contributed by atoms with Gasteiger partial charge in [0.25, 0.3) is 5.91 Å². The number of nitrogens with one attached hydrogen (secondary N) is 2. The minimum atomic E-state index is -0.114. The van der Waals surface area contributed by atoms with E-state index in [9.17, 15) is 9.59 Å². The number of rotatable bonds is 8. The second kappa shape index (κ2) is 10.9. The first-order valence-electron chi connectivity index (χ1n) is 11.6. The van der Waals surface area contributed by atoms with Gasteiger partial charge < -0.3 is 10.6 Å². The second-order valence-corrected chi connectivity index (χ2v) is 8.63. The van der Waals surface area contributed by atoms with Crippen LogP contribution in [0.3, 0.4) is 0 Å². The zero-order chi connectivity index (χ0) is 23.0. The van der Waals surface area contributed by atoms with Crippen molar-refractivity contribution >= 4 is 11.8 Å². The lowest BCUT2D eigenvalue weighted by molar-refractivity contribution is -0.119. The highest BCUT2D eigenvalue weighted by Gasteiger charge is 2.12. The lowest BCUT2D eigenvalue weighted by Gasteiger charge is -2.15. The number of hydrogen-bond donors (Lipinski definition) is 2. The van der Waals surface area contributed by atoms with Crippen LogP contribution in [0.2, 0.25) is 0 Å². The van der Waals surface area contributed by atoms with E-state index in [2.05, 4.69) is 51.9 Å². The molecule has 0 unspecified atom stereocenters. The van der Waals surface area contributed by atoms with Gasteiger partial charge in [0.15, 0.2) is 0 Å². The van der Waals surface area contributed by atoms with E-state index < -0.39 is 0 Å². The largest absolute Gasteiger partial charge is 0.352 e. The van der Waals surface area contributed by atoms with E-state index >= 15 is 0 Å². The molecule has 1 heterocycles. The molecule has 4 rings (SSSR count). The Labute approximate surface area is 195 Å². The molecule has 0 bridgehead atoms. The van der Waals surface area contributed by atoms with E-state index in [-0.39, 0.29) is 11.8 Å². The van der Waals surface area contributed by atoms with Crippen LogP contribution in [0, 0.1) is 0 Å². The van der Waals surface area contributed by atoms with Crippen molar-refractivity contribution in [2.75, 3.05) is 13.1 Å². The molecule has 0 atom stereocenters. The van der Waals surface area contributed by atoms with Gasteiger partial charge >= 0.3 is 0 Å². The van der Waals surface area contributed by atoms with Gasteiger partial charge in [0.05, 0.1) is 0 Å². The van der Waals surface area contributed by atoms with Crippen LogP contribution in [0.5, 0.6) is 0 Å². The Morgan fingerprint density at radius 2 is 1.45 bits per heavy atom. The van der Waals surface area contributed by atoms with Crippen LogP contribution in [-0.2, 0) is 24.4 Å². The Bertz CT molecular complexity index is 1080. The van der Waals surface area contributed by atoms with Crippen LogP contribution < -0.4 is 10.6 Å². The maximum atomic E-state index is 12.7. The summed E-state index contributed by atoms with van der Waals surface area (Å²) >= 11 is 0. The normalized spacial score (nSPS) is 13.6. The van der Waals surface area contributed by atoms with Crippen LogP contribution in [0.25, 0.3) is 11.1 Å². The Morgan fingerprint density at radius 1 is 0.788 bits per heavy atom. The molecule has 1 fully saturated rings. The van der Waals surface area contributed by atoms with Crippen molar-refractivity contribution < 1.29 is 9.59 Å². The van der Waals surface area contributed by atoms with Gasteiger partial charge in [-0.15, -0.1) is 0 Å². The molecule has 33 heavy (non-hydrogen) atoms. The number of amides is 2. The molecule has 5 nitrogen and oxygen atoms in total. The van der Waals surface area contributed by atoms with Gasteiger partial charge in [0.2, 0.25) is 5.91 Å². The molecular weight excluding hydrogens is 410 g/mol. The predicted octanol–water partition coefficient (Wildman–Crippen LogP) is 4.52. The van der Waals surface area contributed by atoms with Crippen molar-refractivity contribution in [3.63, 3.8) is 0 Å². The van der Waals surface area contributed by atoms with Gasteiger partial charge in [-0.2, -0.15) is 0 Å². The van der Waals surface area contributed by atoms with E-state index in [0.717, 1.165) is 28.8 Å². The van der Waals surface area contributed by atoms with Crippen molar-refractivity contribution in [1.82, 2.24) is 15.5 Å². The second-order valence-electron chi connectivity index (χ2n) is 8.63. The molecule has 0 radical (unpaired) electrons. The van der Waals surface area contributed by atoms with Crippen molar-refractivity contribution in [2.45, 2.75) is 39.4 Å². The average Bonchev–Trinajstić information content (AvgIpc) is 3.35. The molecule has 1 aliphatic rings. The molecule has 2 amide bonds. The number of benzene rings is 3. The lowest BCUT2D eigenvalue weighted by Crippen LogP contribution is -2.23. The van der Waals surface area contributed by atoms with Crippen molar-refractivity contribution in [1.29, 1.82) is 0 Å². The first-order chi connectivity index (χ1) is 16.1. The number of carbonyl (C=O) groups is 2. The molecule has 0 aromatic heterocycles. The Kier molecular flexibility index (Phi) is 7.53. The predicted molar refractivity (Wildman–Crippen MR) is 132 cm³/mol. The summed E-state index contributed by atoms with van der Waals surface area (Å²) in [5.41, 5.74) is 6.28. The fourth-order valence-electron chi connectivity index (χ4n) is 4.22. The molecule has 170 valence electrons. The monoisotopic (exact) mass is 441 g/mol. The highest BCUT2D eigenvalue weighted by Crippen LogP contribution is 2.25. The summed E-state index contributed by atoms with van der Waals surface area (Å²) in [6, 6.07) is 24.3. The molecule has 0 aliphatic carbocycles. The van der Waals surface area contributed by atoms with E-state index in [0.29, 0.717) is 18.7 Å². The maximum Gasteiger partial charge on any atom is 0.251 e. The summed E-state index contributed by atoms with van der Waals surface area (Å²) in [6.45, 7) is 5.81. The van der Waals surface area contributed by atoms with Gasteiger partial charge in [-0.3, -0.25) is 14.5 Å². The fourth-order valence-corrected chi connectivity index (χ4v) is 4.22. The maximum absolute atomic E-state index is 12.7. The third-order valence-corrected chi connectivity index (χ3v) is 6.08. The van der Waals surface area contributed by atoms with E-state index in [1.54, 1.807) is 12.1 Å². The number of carbonyl (C=O) groups excluding carboxylic acids is 2. The molecule has 2 N–H and O–H groups in total. The molecule has 3 aromatic rings. The van der Waals surface area contributed by atoms with Gasteiger partial charge in [0.1, 0.15) is 0 Å². The Balaban J connectivity index is 1.38. The summed E-state index contributed by atoms with van der Waals surface area (Å²) in [6.07, 6.45) is 2.61. The van der Waals surface area contributed by atoms with Crippen LogP contribution in [0.15, 0.2) is 72.8 Å². The average molecular weight is 442 g/mol. The molecular formula is C28H31N3O2. The molecule has 1 aliphatic heterocycles. The third-order valence-electron chi connectivity index (χ3n) is 6.08. The highest BCUT2D eigenvalue weighted by molar-refractivity contribution is 5.94. The highest BCUT2D eigenvalue weighted by atomic mass is 16.2. The summed E-state index contributed by atoms with van der Waals surface area (Å²) in [5.74, 6) is -0.187. The van der Waals surface area contributed by atoms with Crippen LogP contribution in [0.4, 0.5) is 0 Å². The topological polar surface area (TPSA) is 61.4 Å². The number of nitrogens with zero attached hydrogens (tertiary/aromatic N) is 1. The van der Waals surface area contributed by atoms with E-state index in [1.165, 1.54) is 38.4 Å². The minimum Gasteiger partial charge on any atom is -0.352 e.